The molecule has 1 heterocycles. The van der Waals surface area contributed by atoms with Crippen LogP contribution in [-0.2, 0) is 6.42 Å². The van der Waals surface area contributed by atoms with Gasteiger partial charge >= 0.3 is 0 Å². The maximum absolute atomic E-state index is 4.14. The van der Waals surface area contributed by atoms with E-state index in [0.717, 1.165) is 12.5 Å². The first-order chi connectivity index (χ1) is 7.77. The third kappa shape index (κ3) is 1.42. The molecule has 0 amide bonds. The third-order valence-corrected chi connectivity index (χ3v) is 4.20. The first kappa shape index (κ1) is 10.1. The van der Waals surface area contributed by atoms with Gasteiger partial charge in [-0.05, 0) is 43.4 Å². The van der Waals surface area contributed by atoms with Gasteiger partial charge in [0.2, 0.25) is 0 Å². The van der Waals surface area contributed by atoms with E-state index < -0.39 is 0 Å². The molecule has 2 aliphatic rings. The van der Waals surface area contributed by atoms with Crippen LogP contribution in [0.2, 0.25) is 0 Å². The lowest BCUT2D eigenvalue weighted by atomic mass is 9.73. The van der Waals surface area contributed by atoms with E-state index in [1.807, 2.05) is 0 Å². The maximum atomic E-state index is 4.14. The van der Waals surface area contributed by atoms with Crippen molar-refractivity contribution in [1.82, 2.24) is 5.32 Å². The number of aryl methyl sites for hydroxylation is 1. The summed E-state index contributed by atoms with van der Waals surface area (Å²) >= 11 is 0. The molecule has 1 N–H and O–H groups in total. The van der Waals surface area contributed by atoms with E-state index in [4.69, 9.17) is 0 Å². The van der Waals surface area contributed by atoms with Crippen LogP contribution in [0.1, 0.15) is 30.4 Å². The lowest BCUT2D eigenvalue weighted by Crippen LogP contribution is -2.28. The van der Waals surface area contributed by atoms with Gasteiger partial charge < -0.3 is 5.32 Å². The fourth-order valence-corrected chi connectivity index (χ4v) is 3.43. The number of rotatable bonds is 1. The Morgan fingerprint density at radius 3 is 3.00 bits per heavy atom. The molecule has 0 saturated carbocycles. The minimum absolute atomic E-state index is 0.492. The molecular weight excluding hydrogens is 194 g/mol. The molecule has 1 aliphatic carbocycles. The SMILES string of the molecule is C=C(C)C1NCC2CCc3ccccc3C21. The Labute approximate surface area is 97.6 Å². The largest absolute Gasteiger partial charge is 0.309 e. The molecule has 0 radical (unpaired) electrons. The van der Waals surface area contributed by atoms with Crippen molar-refractivity contribution in [2.45, 2.75) is 31.7 Å². The van der Waals surface area contributed by atoms with Crippen LogP contribution in [0.4, 0.5) is 0 Å². The Kier molecular flexibility index (Phi) is 2.36. The standard InChI is InChI=1S/C15H19N/c1-10(2)15-14-12(9-16-15)8-7-11-5-3-4-6-13(11)14/h3-6,12,14-16H,1,7-9H2,2H3. The summed E-state index contributed by atoms with van der Waals surface area (Å²) in [4.78, 5) is 0. The molecule has 0 bridgehead atoms. The lowest BCUT2D eigenvalue weighted by molar-refractivity contribution is 0.432. The van der Waals surface area contributed by atoms with Crippen molar-refractivity contribution in [3.63, 3.8) is 0 Å². The zero-order valence-electron chi connectivity index (χ0n) is 9.87. The van der Waals surface area contributed by atoms with Crippen molar-refractivity contribution < 1.29 is 0 Å². The molecule has 1 aromatic carbocycles. The van der Waals surface area contributed by atoms with Crippen molar-refractivity contribution in [3.8, 4) is 0 Å². The number of benzene rings is 1. The zero-order chi connectivity index (χ0) is 11.1. The van der Waals surface area contributed by atoms with Crippen LogP contribution >= 0.6 is 0 Å². The van der Waals surface area contributed by atoms with Gasteiger partial charge in [-0.2, -0.15) is 0 Å². The van der Waals surface area contributed by atoms with Gasteiger partial charge in [-0.15, -0.1) is 0 Å². The highest BCUT2D eigenvalue weighted by Crippen LogP contribution is 2.42. The predicted octanol–water partition coefficient (Wildman–Crippen LogP) is 2.88. The molecule has 1 nitrogen and oxygen atoms in total. The number of hydrogen-bond acceptors (Lipinski definition) is 1. The van der Waals surface area contributed by atoms with Gasteiger partial charge in [0.25, 0.3) is 0 Å². The van der Waals surface area contributed by atoms with Crippen LogP contribution in [0.5, 0.6) is 0 Å². The van der Waals surface area contributed by atoms with Gasteiger partial charge in [-0.25, -0.2) is 0 Å². The van der Waals surface area contributed by atoms with Crippen molar-refractivity contribution >= 4 is 0 Å². The maximum Gasteiger partial charge on any atom is 0.0346 e. The lowest BCUT2D eigenvalue weighted by Gasteiger charge is -2.31. The summed E-state index contributed by atoms with van der Waals surface area (Å²) in [5, 5.41) is 3.64. The highest BCUT2D eigenvalue weighted by Gasteiger charge is 2.39. The van der Waals surface area contributed by atoms with E-state index in [1.54, 1.807) is 11.1 Å². The fraction of sp³-hybridized carbons (Fsp3) is 0.467. The molecule has 1 saturated heterocycles. The average Bonchev–Trinajstić information content (AvgIpc) is 2.73. The summed E-state index contributed by atoms with van der Waals surface area (Å²) in [5.41, 5.74) is 4.40. The van der Waals surface area contributed by atoms with E-state index in [1.165, 1.54) is 18.4 Å². The molecule has 1 aromatic rings. The number of fused-ring (bicyclic) bond motifs is 3. The Bertz CT molecular complexity index is 421. The first-order valence-corrected chi connectivity index (χ1v) is 6.24. The second-order valence-corrected chi connectivity index (χ2v) is 5.26. The molecule has 3 unspecified atom stereocenters. The van der Waals surface area contributed by atoms with Gasteiger partial charge in [-0.3, -0.25) is 0 Å². The van der Waals surface area contributed by atoms with Crippen LogP contribution in [0.3, 0.4) is 0 Å². The summed E-state index contributed by atoms with van der Waals surface area (Å²) in [6, 6.07) is 9.44. The Balaban J connectivity index is 2.04. The quantitative estimate of drug-likeness (QED) is 0.707. The van der Waals surface area contributed by atoms with Crippen LogP contribution in [0.15, 0.2) is 36.4 Å². The van der Waals surface area contributed by atoms with Crippen molar-refractivity contribution in [3.05, 3.63) is 47.5 Å². The molecule has 3 atom stereocenters. The van der Waals surface area contributed by atoms with Gasteiger partial charge in [0.15, 0.2) is 0 Å². The number of hydrogen-bond donors (Lipinski definition) is 1. The molecule has 0 spiro atoms. The zero-order valence-corrected chi connectivity index (χ0v) is 9.87. The van der Waals surface area contributed by atoms with E-state index in [-0.39, 0.29) is 0 Å². The van der Waals surface area contributed by atoms with Gasteiger partial charge in [-0.1, -0.05) is 36.4 Å². The smallest absolute Gasteiger partial charge is 0.0346 e. The molecule has 16 heavy (non-hydrogen) atoms. The normalized spacial score (nSPS) is 31.9. The third-order valence-electron chi connectivity index (χ3n) is 4.20. The van der Waals surface area contributed by atoms with Crippen molar-refractivity contribution in [2.24, 2.45) is 5.92 Å². The topological polar surface area (TPSA) is 12.0 Å². The summed E-state index contributed by atoms with van der Waals surface area (Å²) in [6.45, 7) is 7.45. The molecule has 1 aliphatic heterocycles. The minimum Gasteiger partial charge on any atom is -0.309 e. The molecular formula is C15H19N. The highest BCUT2D eigenvalue weighted by atomic mass is 15.0. The van der Waals surface area contributed by atoms with Crippen LogP contribution < -0.4 is 5.32 Å². The van der Waals surface area contributed by atoms with E-state index in [9.17, 15) is 0 Å². The van der Waals surface area contributed by atoms with Crippen LogP contribution in [0, 0.1) is 5.92 Å². The summed E-state index contributed by atoms with van der Waals surface area (Å²) in [7, 11) is 0. The van der Waals surface area contributed by atoms with Crippen LogP contribution in [-0.4, -0.2) is 12.6 Å². The first-order valence-electron chi connectivity index (χ1n) is 6.24. The van der Waals surface area contributed by atoms with E-state index >= 15 is 0 Å². The number of nitrogens with one attached hydrogen (secondary N) is 1. The molecule has 3 rings (SSSR count). The van der Waals surface area contributed by atoms with Gasteiger partial charge in [0, 0.05) is 12.0 Å². The van der Waals surface area contributed by atoms with E-state index in [0.29, 0.717) is 12.0 Å². The summed E-state index contributed by atoms with van der Waals surface area (Å²) in [5.74, 6) is 1.49. The average molecular weight is 213 g/mol. The molecule has 1 fully saturated rings. The van der Waals surface area contributed by atoms with Crippen LogP contribution in [0.25, 0.3) is 0 Å². The second-order valence-electron chi connectivity index (χ2n) is 5.26. The highest BCUT2D eigenvalue weighted by molar-refractivity contribution is 5.38. The monoisotopic (exact) mass is 213 g/mol. The van der Waals surface area contributed by atoms with Gasteiger partial charge in [0.1, 0.15) is 0 Å². The van der Waals surface area contributed by atoms with Gasteiger partial charge in [0.05, 0.1) is 0 Å². The Morgan fingerprint density at radius 1 is 1.38 bits per heavy atom. The van der Waals surface area contributed by atoms with Crippen molar-refractivity contribution in [2.75, 3.05) is 6.54 Å². The Hall–Kier alpha value is -1.08. The predicted molar refractivity (Wildman–Crippen MR) is 67.6 cm³/mol. The molecule has 0 aromatic heterocycles. The fourth-order valence-electron chi connectivity index (χ4n) is 3.43. The summed E-state index contributed by atoms with van der Waals surface area (Å²) in [6.07, 6.45) is 2.58. The second kappa shape index (κ2) is 3.74. The summed E-state index contributed by atoms with van der Waals surface area (Å²) < 4.78 is 0. The molecule has 84 valence electrons. The Morgan fingerprint density at radius 2 is 2.19 bits per heavy atom. The van der Waals surface area contributed by atoms with Crippen molar-refractivity contribution in [1.29, 1.82) is 0 Å². The molecule has 1 heteroatoms. The van der Waals surface area contributed by atoms with E-state index in [2.05, 4.69) is 43.1 Å². The minimum atomic E-state index is 0.492.